The molecule has 30 valence electrons. The Kier molecular flexibility index (Phi) is 2.66. The van der Waals surface area contributed by atoms with Crippen molar-refractivity contribution in [3.63, 3.8) is 0 Å². The largest absolute Gasteiger partial charge is 0.131 e. The minimum atomic E-state index is -1.52. The van der Waals surface area contributed by atoms with E-state index in [0.717, 1.165) is 0 Å². The Balaban J connectivity index is 4.02. The van der Waals surface area contributed by atoms with Crippen molar-refractivity contribution in [1.82, 2.24) is 0 Å². The van der Waals surface area contributed by atoms with Crippen LogP contribution in [0.5, 0.6) is 0 Å². The third-order valence-corrected chi connectivity index (χ3v) is 1.60. The molecule has 0 N–H and O–H groups in total. The highest BCUT2D eigenvalue weighted by Crippen LogP contribution is 2.30. The van der Waals surface area contributed by atoms with Crippen molar-refractivity contribution in [2.45, 2.75) is 8.33 Å². The highest BCUT2D eigenvalue weighted by molar-refractivity contribution is 14.1. The fraction of sp³-hybridized carbons (Fsp3) is 1.00. The van der Waals surface area contributed by atoms with Crippen LogP contribution in [0.4, 0.5) is 0 Å². The van der Waals surface area contributed by atoms with Crippen molar-refractivity contribution in [2.24, 2.45) is 0 Å². The van der Waals surface area contributed by atoms with E-state index >= 15 is 0 Å². The molecule has 0 saturated carbocycles. The number of hydrogen-bond donors (Lipinski definition) is 0. The second-order valence-corrected chi connectivity index (χ2v) is 3.49. The summed E-state index contributed by atoms with van der Waals surface area (Å²) < 4.78 is -1.26. The zero-order chi connectivity index (χ0) is 7.00. The summed E-state index contributed by atoms with van der Waals surface area (Å²) in [5.74, 6) is 0. The topological polar surface area (TPSA) is 0 Å². The van der Waals surface area contributed by atoms with Gasteiger partial charge >= 0.3 is 0 Å². The number of halogens is 1. The van der Waals surface area contributed by atoms with E-state index in [0.29, 0.717) is 0 Å². The molecule has 0 heterocycles. The molecular weight excluding hydrogens is 205 g/mol. The van der Waals surface area contributed by atoms with Crippen molar-refractivity contribution in [2.75, 3.05) is 0 Å². The van der Waals surface area contributed by atoms with Gasteiger partial charge in [-0.05, 0) is 0 Å². The Bertz CT molecular complexity index is 65.4. The van der Waals surface area contributed by atoms with Gasteiger partial charge in [0, 0.05) is 0 Å². The average Bonchev–Trinajstić information content (AvgIpc) is 1.25. The highest BCUT2D eigenvalue weighted by Gasteiger charge is 2.26. The van der Waals surface area contributed by atoms with Crippen LogP contribution < -0.4 is 0 Å². The third-order valence-electron chi connectivity index (χ3n) is 0.664. The first-order valence-electron chi connectivity index (χ1n) is 1.88. The van der Waals surface area contributed by atoms with Gasteiger partial charge in [-0.3, -0.25) is 0 Å². The van der Waals surface area contributed by atoms with Crippen molar-refractivity contribution >= 4 is 61.8 Å². The summed E-state index contributed by atoms with van der Waals surface area (Å²) in [6.45, 7) is 0. The van der Waals surface area contributed by atoms with Crippen LogP contribution in [0.1, 0.15) is 0 Å². The lowest BCUT2D eigenvalue weighted by molar-refractivity contribution is 1.13. The first kappa shape index (κ1) is 9.05. The van der Waals surface area contributed by atoms with Crippen LogP contribution in [0.3, 0.4) is 0 Å². The number of alkyl halides is 1. The SMILES string of the molecule is [B]C([B])([B])C([B])([B])I. The molecule has 0 bridgehead atoms. The minimum absolute atomic E-state index is 1.26. The van der Waals surface area contributed by atoms with Gasteiger partial charge in [-0.2, -0.15) is 0 Å². The molecule has 0 unspecified atom stereocenters. The summed E-state index contributed by atoms with van der Waals surface area (Å²) in [4.78, 5) is 0. The van der Waals surface area contributed by atoms with E-state index in [-0.39, 0.29) is 0 Å². The second-order valence-electron chi connectivity index (χ2n) is 1.70. The molecule has 0 saturated heterocycles. The van der Waals surface area contributed by atoms with Crippen LogP contribution in [-0.2, 0) is 0 Å². The zero-order valence-electron chi connectivity index (χ0n) is 4.26. The van der Waals surface area contributed by atoms with E-state index < -0.39 is 8.33 Å². The average molecular weight is 205 g/mol. The van der Waals surface area contributed by atoms with Gasteiger partial charge in [0.1, 0.15) is 0 Å². The van der Waals surface area contributed by atoms with Crippen molar-refractivity contribution in [3.8, 4) is 0 Å². The van der Waals surface area contributed by atoms with E-state index in [4.69, 9.17) is 39.2 Å². The molecule has 6 heteroatoms. The standard InChI is InChI=1S/C2B5I/c3-1(4,5)2(6,7)8. The van der Waals surface area contributed by atoms with E-state index in [9.17, 15) is 0 Å². The Hall–Kier alpha value is 1.05. The summed E-state index contributed by atoms with van der Waals surface area (Å²) in [7, 11) is 25.7. The van der Waals surface area contributed by atoms with Gasteiger partial charge in [0.2, 0.25) is 0 Å². The van der Waals surface area contributed by atoms with Crippen LogP contribution in [0.15, 0.2) is 0 Å². The molecule has 0 amide bonds. The zero-order valence-corrected chi connectivity index (χ0v) is 6.42. The molecular formula is C2B5I. The van der Waals surface area contributed by atoms with Gasteiger partial charge in [-0.15, -0.1) is 27.7 Å². The molecule has 0 rings (SSSR count). The Morgan fingerprint density at radius 1 is 0.875 bits per heavy atom. The van der Waals surface area contributed by atoms with E-state index in [1.807, 2.05) is 0 Å². The predicted molar refractivity (Wildman–Crippen MR) is 48.2 cm³/mol. The first-order chi connectivity index (χ1) is 3.25. The summed E-state index contributed by atoms with van der Waals surface area (Å²) >= 11 is 1.66. The number of rotatable bonds is 1. The first-order valence-corrected chi connectivity index (χ1v) is 2.96. The van der Waals surface area contributed by atoms with Crippen LogP contribution in [0, 0.1) is 0 Å². The Morgan fingerprint density at radius 2 is 1.00 bits per heavy atom. The summed E-state index contributed by atoms with van der Waals surface area (Å²) in [6, 6.07) is 0. The maximum Gasteiger partial charge on any atom is 0.0737 e. The van der Waals surface area contributed by atoms with Gasteiger partial charge < -0.3 is 0 Å². The molecule has 0 nitrogen and oxygen atoms in total. The lowest BCUT2D eigenvalue weighted by Gasteiger charge is -2.35. The Labute approximate surface area is 70.1 Å². The monoisotopic (exact) mass is 206 g/mol. The van der Waals surface area contributed by atoms with Gasteiger partial charge in [-0.1, -0.05) is 3.22 Å². The maximum atomic E-state index is 5.20. The molecule has 8 heavy (non-hydrogen) atoms. The van der Waals surface area contributed by atoms with Crippen LogP contribution in [0.25, 0.3) is 0 Å². The lowest BCUT2D eigenvalue weighted by Crippen LogP contribution is -2.39. The lowest BCUT2D eigenvalue weighted by atomic mass is 9.30. The van der Waals surface area contributed by atoms with Crippen molar-refractivity contribution in [3.05, 3.63) is 0 Å². The molecule has 10 radical (unpaired) electrons. The minimum Gasteiger partial charge on any atom is -0.131 e. The molecule has 0 aliphatic carbocycles. The maximum absolute atomic E-state index is 5.20. The summed E-state index contributed by atoms with van der Waals surface area (Å²) in [5.41, 5.74) is 0. The van der Waals surface area contributed by atoms with Gasteiger partial charge in [-0.25, -0.2) is 0 Å². The second kappa shape index (κ2) is 2.35. The molecule has 0 aromatic heterocycles. The van der Waals surface area contributed by atoms with Gasteiger partial charge in [0.25, 0.3) is 0 Å². The molecule has 0 fully saturated rings. The van der Waals surface area contributed by atoms with Crippen molar-refractivity contribution in [1.29, 1.82) is 0 Å². The van der Waals surface area contributed by atoms with E-state index in [1.165, 1.54) is 0 Å². The molecule has 0 aromatic rings. The summed E-state index contributed by atoms with van der Waals surface area (Å²) in [6.07, 6.45) is 0. The normalized spacial score (nSPS) is 13.6. The third kappa shape index (κ3) is 2.56. The van der Waals surface area contributed by atoms with Gasteiger partial charge in [0.15, 0.2) is 0 Å². The Morgan fingerprint density at radius 3 is 1.00 bits per heavy atom. The number of hydrogen-bond acceptors (Lipinski definition) is 0. The smallest absolute Gasteiger partial charge is 0.0737 e. The van der Waals surface area contributed by atoms with E-state index in [2.05, 4.69) is 0 Å². The van der Waals surface area contributed by atoms with E-state index in [1.54, 1.807) is 22.6 Å². The fourth-order valence-electron chi connectivity index (χ4n) is 0. The molecule has 0 aliphatic rings. The molecule has 0 spiro atoms. The van der Waals surface area contributed by atoms with Crippen LogP contribution in [0.2, 0.25) is 5.11 Å². The quantitative estimate of drug-likeness (QED) is 0.292. The molecule has 0 aliphatic heterocycles. The fourth-order valence-corrected chi connectivity index (χ4v) is 0. The highest BCUT2D eigenvalue weighted by atomic mass is 127. The molecule has 0 aromatic carbocycles. The van der Waals surface area contributed by atoms with Gasteiger partial charge in [0.05, 0.1) is 39.2 Å². The van der Waals surface area contributed by atoms with Crippen LogP contribution >= 0.6 is 22.6 Å². The van der Waals surface area contributed by atoms with Crippen LogP contribution in [-0.4, -0.2) is 42.5 Å². The van der Waals surface area contributed by atoms with Crippen molar-refractivity contribution < 1.29 is 0 Å². The molecule has 0 atom stereocenters. The predicted octanol–water partition coefficient (Wildman–Crippen LogP) is -1.01. The summed E-state index contributed by atoms with van der Waals surface area (Å²) in [5, 5.41) is -1.52.